The minimum Gasteiger partial charge on any atom is -0.253 e. The Kier molecular flexibility index (Phi) is 4.42. The van der Waals surface area contributed by atoms with Crippen molar-refractivity contribution in [3.8, 4) is 0 Å². The van der Waals surface area contributed by atoms with Crippen LogP contribution < -0.4 is 0 Å². The lowest BCUT2D eigenvalue weighted by Crippen LogP contribution is -2.02. The Balaban J connectivity index is 0.000000145. The van der Waals surface area contributed by atoms with Crippen LogP contribution in [0.25, 0.3) is 32.6 Å². The van der Waals surface area contributed by atoms with Crippen LogP contribution in [0.3, 0.4) is 0 Å². The molecule has 5 aromatic rings. The lowest BCUT2D eigenvalue weighted by Gasteiger charge is -2.18. The lowest BCUT2D eigenvalue weighted by molar-refractivity contribution is 0.690. The van der Waals surface area contributed by atoms with Crippen molar-refractivity contribution in [2.45, 2.75) is 25.7 Å². The number of hydrogen-bond acceptors (Lipinski definition) is 3. The minimum atomic E-state index is 0.838. The van der Waals surface area contributed by atoms with Gasteiger partial charge in [0.1, 0.15) is 11.8 Å². The molecule has 0 aliphatic heterocycles. The molecule has 0 radical (unpaired) electrons. The summed E-state index contributed by atoms with van der Waals surface area (Å²) in [6, 6.07) is 21.7. The summed E-state index contributed by atoms with van der Waals surface area (Å²) in [6.07, 6.45) is 10.2. The van der Waals surface area contributed by atoms with Crippen molar-refractivity contribution in [3.05, 3.63) is 90.5 Å². The zero-order valence-corrected chi connectivity index (χ0v) is 15.7. The number of nitrogens with zero attached hydrogens (tertiary/aromatic N) is 3. The molecule has 3 heteroatoms. The van der Waals surface area contributed by atoms with Gasteiger partial charge in [-0.25, -0.2) is 9.97 Å². The first-order valence-electron chi connectivity index (χ1n) is 9.83. The number of aromatic nitrogens is 3. The van der Waals surface area contributed by atoms with Crippen LogP contribution in [0.15, 0.2) is 79.4 Å². The van der Waals surface area contributed by atoms with Gasteiger partial charge in [-0.15, -0.1) is 0 Å². The Morgan fingerprint density at radius 3 is 2.50 bits per heavy atom. The summed E-state index contributed by atoms with van der Waals surface area (Å²) < 4.78 is 0. The SMILES string of the molecule is c1ccc2c(c1)ccc1c3c(ccc12)CCCC3.c1cnc2cncnc2c1. The van der Waals surface area contributed by atoms with Crippen molar-refractivity contribution in [2.75, 3.05) is 0 Å². The Bertz CT molecular complexity index is 1210. The lowest BCUT2D eigenvalue weighted by atomic mass is 9.86. The first-order chi connectivity index (χ1) is 13.9. The summed E-state index contributed by atoms with van der Waals surface area (Å²) in [5.41, 5.74) is 4.90. The standard InChI is InChI=1S/C18H16.C7H5N3/c1-3-7-15-13(5-1)9-11-18-16-8-4-2-6-14(16)10-12-17(15)18;1-2-6-7(9-3-1)4-8-5-10-6/h1,3,5,7,9-12H,2,4,6,8H2;1-5H. The van der Waals surface area contributed by atoms with E-state index in [0.29, 0.717) is 0 Å². The molecule has 2 heterocycles. The molecule has 0 unspecified atom stereocenters. The number of hydrogen-bond donors (Lipinski definition) is 0. The maximum atomic E-state index is 4.06. The highest BCUT2D eigenvalue weighted by molar-refractivity contribution is 6.08. The van der Waals surface area contributed by atoms with Gasteiger partial charge in [-0.1, -0.05) is 48.5 Å². The van der Waals surface area contributed by atoms with E-state index >= 15 is 0 Å². The first kappa shape index (κ1) is 16.8. The van der Waals surface area contributed by atoms with Gasteiger partial charge in [0.25, 0.3) is 0 Å². The highest BCUT2D eigenvalue weighted by Crippen LogP contribution is 2.33. The summed E-state index contributed by atoms with van der Waals surface area (Å²) in [5.74, 6) is 0. The molecule has 136 valence electrons. The van der Waals surface area contributed by atoms with Crippen molar-refractivity contribution in [1.29, 1.82) is 0 Å². The van der Waals surface area contributed by atoms with Crippen LogP contribution >= 0.6 is 0 Å². The second-order valence-corrected chi connectivity index (χ2v) is 7.22. The molecule has 0 bridgehead atoms. The zero-order valence-electron chi connectivity index (χ0n) is 15.7. The fourth-order valence-electron chi connectivity index (χ4n) is 4.16. The molecule has 0 atom stereocenters. The normalized spacial score (nSPS) is 13.1. The highest BCUT2D eigenvalue weighted by Gasteiger charge is 2.13. The van der Waals surface area contributed by atoms with Gasteiger partial charge in [0.15, 0.2) is 0 Å². The van der Waals surface area contributed by atoms with Crippen molar-refractivity contribution >= 4 is 32.6 Å². The van der Waals surface area contributed by atoms with E-state index in [4.69, 9.17) is 0 Å². The van der Waals surface area contributed by atoms with Crippen molar-refractivity contribution in [1.82, 2.24) is 15.0 Å². The van der Waals surface area contributed by atoms with E-state index in [1.807, 2.05) is 12.1 Å². The van der Waals surface area contributed by atoms with Crippen LogP contribution in [0.5, 0.6) is 0 Å². The van der Waals surface area contributed by atoms with E-state index < -0.39 is 0 Å². The molecule has 3 aromatic carbocycles. The van der Waals surface area contributed by atoms with Gasteiger partial charge in [-0.2, -0.15) is 0 Å². The Hall–Kier alpha value is -3.33. The third-order valence-corrected chi connectivity index (χ3v) is 5.53. The van der Waals surface area contributed by atoms with E-state index in [1.54, 1.807) is 23.5 Å². The van der Waals surface area contributed by atoms with E-state index in [1.165, 1.54) is 53.6 Å². The van der Waals surface area contributed by atoms with E-state index in [0.717, 1.165) is 11.0 Å². The highest BCUT2D eigenvalue weighted by atomic mass is 14.8. The van der Waals surface area contributed by atoms with E-state index in [2.05, 4.69) is 63.5 Å². The number of benzene rings is 3. The molecule has 0 saturated carbocycles. The molecule has 0 fully saturated rings. The molecule has 0 N–H and O–H groups in total. The van der Waals surface area contributed by atoms with Gasteiger partial charge < -0.3 is 0 Å². The molecule has 0 amide bonds. The molecule has 0 saturated heterocycles. The quantitative estimate of drug-likeness (QED) is 0.322. The maximum Gasteiger partial charge on any atom is 0.116 e. The second kappa shape index (κ2) is 7.35. The molecule has 2 aromatic heterocycles. The third-order valence-electron chi connectivity index (χ3n) is 5.53. The fourth-order valence-corrected chi connectivity index (χ4v) is 4.16. The predicted molar refractivity (Wildman–Crippen MR) is 115 cm³/mol. The van der Waals surface area contributed by atoms with Gasteiger partial charge in [0, 0.05) is 6.20 Å². The van der Waals surface area contributed by atoms with Crippen molar-refractivity contribution in [2.24, 2.45) is 0 Å². The van der Waals surface area contributed by atoms with Crippen molar-refractivity contribution in [3.63, 3.8) is 0 Å². The summed E-state index contributed by atoms with van der Waals surface area (Å²) in [4.78, 5) is 11.9. The fraction of sp³-hybridized carbons (Fsp3) is 0.160. The molecule has 1 aliphatic carbocycles. The van der Waals surface area contributed by atoms with Gasteiger partial charge in [-0.3, -0.25) is 4.98 Å². The monoisotopic (exact) mass is 363 g/mol. The average molecular weight is 363 g/mol. The van der Waals surface area contributed by atoms with E-state index in [-0.39, 0.29) is 0 Å². The summed E-state index contributed by atoms with van der Waals surface area (Å²) >= 11 is 0. The molecule has 6 rings (SSSR count). The zero-order chi connectivity index (χ0) is 18.8. The summed E-state index contributed by atoms with van der Waals surface area (Å²) in [5, 5.41) is 5.64. The smallest absolute Gasteiger partial charge is 0.116 e. The van der Waals surface area contributed by atoms with Crippen LogP contribution in [0, 0.1) is 0 Å². The number of pyridine rings is 1. The molecule has 0 spiro atoms. The van der Waals surface area contributed by atoms with Crippen LogP contribution in [0.4, 0.5) is 0 Å². The Morgan fingerprint density at radius 1 is 0.643 bits per heavy atom. The van der Waals surface area contributed by atoms with Gasteiger partial charge >= 0.3 is 0 Å². The van der Waals surface area contributed by atoms with E-state index in [9.17, 15) is 0 Å². The summed E-state index contributed by atoms with van der Waals surface area (Å²) in [7, 11) is 0. The van der Waals surface area contributed by atoms with Crippen LogP contribution in [0.1, 0.15) is 24.0 Å². The summed E-state index contributed by atoms with van der Waals surface area (Å²) in [6.45, 7) is 0. The first-order valence-corrected chi connectivity index (χ1v) is 9.83. The molecular weight excluding hydrogens is 342 g/mol. The number of rotatable bonds is 0. The van der Waals surface area contributed by atoms with Gasteiger partial charge in [-0.05, 0) is 70.5 Å². The molecular formula is C25H21N3. The van der Waals surface area contributed by atoms with Crippen LogP contribution in [0.2, 0.25) is 0 Å². The Labute approximate surface area is 164 Å². The topological polar surface area (TPSA) is 38.7 Å². The van der Waals surface area contributed by atoms with Crippen LogP contribution in [-0.2, 0) is 12.8 Å². The third kappa shape index (κ3) is 3.09. The van der Waals surface area contributed by atoms with Gasteiger partial charge in [0.2, 0.25) is 0 Å². The minimum absolute atomic E-state index is 0.838. The number of fused-ring (bicyclic) bond motifs is 6. The number of aryl methyl sites for hydroxylation is 2. The second-order valence-electron chi connectivity index (χ2n) is 7.22. The maximum absolute atomic E-state index is 4.06. The molecule has 3 nitrogen and oxygen atoms in total. The van der Waals surface area contributed by atoms with Crippen molar-refractivity contribution < 1.29 is 0 Å². The molecule has 1 aliphatic rings. The average Bonchev–Trinajstić information content (AvgIpc) is 2.79. The van der Waals surface area contributed by atoms with Crippen LogP contribution in [-0.4, -0.2) is 15.0 Å². The largest absolute Gasteiger partial charge is 0.253 e. The predicted octanol–water partition coefficient (Wildman–Crippen LogP) is 5.90. The molecule has 28 heavy (non-hydrogen) atoms. The van der Waals surface area contributed by atoms with Gasteiger partial charge in [0.05, 0.1) is 11.7 Å². The Morgan fingerprint density at radius 2 is 1.54 bits per heavy atom.